The fourth-order valence-electron chi connectivity index (χ4n) is 1.88. The van der Waals surface area contributed by atoms with E-state index in [0.29, 0.717) is 0 Å². The van der Waals surface area contributed by atoms with E-state index in [1.807, 2.05) is 37.3 Å². The van der Waals surface area contributed by atoms with Gasteiger partial charge in [0.2, 0.25) is 0 Å². The standard InChI is InChI=1S/C11H13NO3S/c1-8-10(9-6-4-3-5-7-9)15-11(13)12(8)16(2)14/h3-8,10H,1-2H3/t8-,10-,16-/m1/s1. The van der Waals surface area contributed by atoms with Crippen LogP contribution in [-0.2, 0) is 15.7 Å². The average molecular weight is 239 g/mol. The van der Waals surface area contributed by atoms with E-state index >= 15 is 0 Å². The Kier molecular flexibility index (Phi) is 2.96. The van der Waals surface area contributed by atoms with Crippen LogP contribution in [0.1, 0.15) is 18.6 Å². The summed E-state index contributed by atoms with van der Waals surface area (Å²) in [5.41, 5.74) is 0.927. The molecule has 0 aliphatic carbocycles. The van der Waals surface area contributed by atoms with E-state index in [1.165, 1.54) is 10.6 Å². The number of carbonyl (C=O) groups excluding carboxylic acids is 1. The quantitative estimate of drug-likeness (QED) is 0.791. The molecule has 0 unspecified atom stereocenters. The van der Waals surface area contributed by atoms with Gasteiger partial charge in [0.05, 0.1) is 6.04 Å². The fourth-order valence-corrected chi connectivity index (χ4v) is 2.71. The third-order valence-electron chi connectivity index (χ3n) is 2.62. The minimum atomic E-state index is -1.34. The van der Waals surface area contributed by atoms with Crippen LogP contribution in [0.25, 0.3) is 0 Å². The second-order valence-electron chi connectivity index (χ2n) is 3.71. The number of hydrogen-bond donors (Lipinski definition) is 0. The molecule has 1 aromatic rings. The Labute approximate surface area is 96.8 Å². The zero-order chi connectivity index (χ0) is 11.7. The smallest absolute Gasteiger partial charge is 0.422 e. The van der Waals surface area contributed by atoms with Crippen LogP contribution in [-0.4, -0.2) is 26.9 Å². The molecule has 0 N–H and O–H groups in total. The van der Waals surface area contributed by atoms with E-state index < -0.39 is 17.1 Å². The number of carbonyl (C=O) groups is 1. The SMILES string of the molecule is C[C@@H]1[C@H](c2ccccc2)OC(=O)N1[S@@](C)=O. The predicted octanol–water partition coefficient (Wildman–Crippen LogP) is 1.86. The molecule has 1 aliphatic heterocycles. The van der Waals surface area contributed by atoms with Crippen LogP contribution in [0, 0.1) is 0 Å². The summed E-state index contributed by atoms with van der Waals surface area (Å²) < 4.78 is 17.9. The Morgan fingerprint density at radius 2 is 1.94 bits per heavy atom. The number of ether oxygens (including phenoxy) is 1. The van der Waals surface area contributed by atoms with Gasteiger partial charge in [-0.05, 0) is 12.5 Å². The molecule has 1 aliphatic rings. The van der Waals surface area contributed by atoms with Gasteiger partial charge >= 0.3 is 6.09 Å². The molecule has 1 amide bonds. The Bertz CT molecular complexity index is 420. The van der Waals surface area contributed by atoms with Gasteiger partial charge in [0, 0.05) is 6.26 Å². The highest BCUT2D eigenvalue weighted by molar-refractivity contribution is 7.82. The highest BCUT2D eigenvalue weighted by atomic mass is 32.2. The van der Waals surface area contributed by atoms with E-state index in [4.69, 9.17) is 4.74 Å². The van der Waals surface area contributed by atoms with Crippen molar-refractivity contribution >= 4 is 17.1 Å². The summed E-state index contributed by atoms with van der Waals surface area (Å²) in [6.07, 6.45) is 0.630. The Hall–Kier alpha value is -1.36. The molecule has 2 rings (SSSR count). The summed E-state index contributed by atoms with van der Waals surface area (Å²) in [4.78, 5) is 11.5. The largest absolute Gasteiger partial charge is 0.438 e. The van der Waals surface area contributed by atoms with E-state index in [0.717, 1.165) is 5.56 Å². The minimum absolute atomic E-state index is 0.208. The van der Waals surface area contributed by atoms with E-state index in [9.17, 15) is 9.00 Å². The molecule has 0 saturated carbocycles. The predicted molar refractivity (Wildman–Crippen MR) is 61.0 cm³/mol. The first kappa shape index (κ1) is 11.1. The molecule has 4 nitrogen and oxygen atoms in total. The summed E-state index contributed by atoms with van der Waals surface area (Å²) in [7, 11) is -1.34. The highest BCUT2D eigenvalue weighted by Gasteiger charge is 2.41. The highest BCUT2D eigenvalue weighted by Crippen LogP contribution is 2.32. The van der Waals surface area contributed by atoms with Gasteiger partial charge in [-0.1, -0.05) is 30.3 Å². The van der Waals surface area contributed by atoms with Crippen molar-refractivity contribution in [2.45, 2.75) is 19.1 Å². The lowest BCUT2D eigenvalue weighted by Gasteiger charge is -2.17. The summed E-state index contributed by atoms with van der Waals surface area (Å²) in [6, 6.07) is 9.28. The van der Waals surface area contributed by atoms with E-state index in [2.05, 4.69) is 0 Å². The molecule has 5 heteroatoms. The fraction of sp³-hybridized carbons (Fsp3) is 0.364. The second-order valence-corrected chi connectivity index (χ2v) is 4.95. The van der Waals surface area contributed by atoms with Crippen LogP contribution in [0.15, 0.2) is 30.3 Å². The monoisotopic (exact) mass is 239 g/mol. The molecule has 0 radical (unpaired) electrons. The van der Waals surface area contributed by atoms with Crippen molar-refractivity contribution in [2.24, 2.45) is 0 Å². The third-order valence-corrected chi connectivity index (χ3v) is 3.66. The molecule has 1 saturated heterocycles. The molecule has 0 spiro atoms. The Morgan fingerprint density at radius 3 is 2.44 bits per heavy atom. The lowest BCUT2D eigenvalue weighted by atomic mass is 10.0. The molecular weight excluding hydrogens is 226 g/mol. The Morgan fingerprint density at radius 1 is 1.31 bits per heavy atom. The van der Waals surface area contributed by atoms with Crippen molar-refractivity contribution in [1.29, 1.82) is 0 Å². The number of rotatable bonds is 2. The maximum atomic E-state index is 11.5. The first-order chi connectivity index (χ1) is 7.61. The average Bonchev–Trinajstić information content (AvgIpc) is 2.55. The number of hydrogen-bond acceptors (Lipinski definition) is 3. The molecule has 0 bridgehead atoms. The molecule has 3 atom stereocenters. The number of benzene rings is 1. The maximum Gasteiger partial charge on any atom is 0.422 e. The summed E-state index contributed by atoms with van der Waals surface area (Å²) in [5.74, 6) is 0. The first-order valence-corrected chi connectivity index (χ1v) is 6.51. The summed E-state index contributed by atoms with van der Waals surface area (Å²) >= 11 is 0. The van der Waals surface area contributed by atoms with Gasteiger partial charge in [0.15, 0.2) is 6.10 Å². The van der Waals surface area contributed by atoms with Crippen molar-refractivity contribution in [1.82, 2.24) is 4.31 Å². The van der Waals surface area contributed by atoms with Gasteiger partial charge in [-0.3, -0.25) is 0 Å². The molecule has 16 heavy (non-hydrogen) atoms. The lowest BCUT2D eigenvalue weighted by molar-refractivity contribution is 0.133. The van der Waals surface area contributed by atoms with Crippen molar-refractivity contribution in [3.8, 4) is 0 Å². The van der Waals surface area contributed by atoms with E-state index in [-0.39, 0.29) is 12.1 Å². The van der Waals surface area contributed by atoms with Crippen molar-refractivity contribution in [3.63, 3.8) is 0 Å². The zero-order valence-corrected chi connectivity index (χ0v) is 9.94. The van der Waals surface area contributed by atoms with Crippen molar-refractivity contribution < 1.29 is 13.7 Å². The van der Waals surface area contributed by atoms with E-state index in [1.54, 1.807) is 0 Å². The number of nitrogens with zero attached hydrogens (tertiary/aromatic N) is 1. The second kappa shape index (κ2) is 4.25. The first-order valence-electron chi connectivity index (χ1n) is 4.99. The molecule has 86 valence electrons. The molecule has 1 heterocycles. The summed E-state index contributed by atoms with van der Waals surface area (Å²) in [5, 5.41) is 0. The normalized spacial score (nSPS) is 26.6. The Balaban J connectivity index is 2.27. The molecule has 1 fully saturated rings. The minimum Gasteiger partial charge on any atom is -0.438 e. The third kappa shape index (κ3) is 1.82. The van der Waals surface area contributed by atoms with Crippen LogP contribution in [0.2, 0.25) is 0 Å². The summed E-state index contributed by atoms with van der Waals surface area (Å²) in [6.45, 7) is 1.84. The van der Waals surface area contributed by atoms with Crippen LogP contribution in [0.4, 0.5) is 4.79 Å². The van der Waals surface area contributed by atoms with Crippen LogP contribution in [0.5, 0.6) is 0 Å². The van der Waals surface area contributed by atoms with Crippen LogP contribution in [0.3, 0.4) is 0 Å². The van der Waals surface area contributed by atoms with Gasteiger partial charge < -0.3 is 4.74 Å². The van der Waals surface area contributed by atoms with Gasteiger partial charge in [-0.15, -0.1) is 0 Å². The maximum absolute atomic E-state index is 11.5. The molecule has 1 aromatic carbocycles. The number of cyclic esters (lactones) is 1. The molecule has 0 aromatic heterocycles. The zero-order valence-electron chi connectivity index (χ0n) is 9.12. The van der Waals surface area contributed by atoms with Gasteiger partial charge in [-0.25, -0.2) is 13.3 Å². The van der Waals surface area contributed by atoms with Gasteiger partial charge in [0.1, 0.15) is 11.0 Å². The van der Waals surface area contributed by atoms with Crippen LogP contribution < -0.4 is 0 Å². The topological polar surface area (TPSA) is 46.6 Å². The van der Waals surface area contributed by atoms with Crippen LogP contribution >= 0.6 is 0 Å². The van der Waals surface area contributed by atoms with Gasteiger partial charge in [0.25, 0.3) is 0 Å². The molecular formula is C11H13NO3S. The van der Waals surface area contributed by atoms with Crippen molar-refractivity contribution in [3.05, 3.63) is 35.9 Å². The lowest BCUT2D eigenvalue weighted by Crippen LogP contribution is -2.33. The van der Waals surface area contributed by atoms with Gasteiger partial charge in [-0.2, -0.15) is 0 Å². The van der Waals surface area contributed by atoms with Crippen molar-refractivity contribution in [2.75, 3.05) is 6.26 Å². The number of amides is 1.